The zero-order valence-corrected chi connectivity index (χ0v) is 17.3. The third kappa shape index (κ3) is 5.77. The van der Waals surface area contributed by atoms with Crippen LogP contribution in [-0.4, -0.2) is 59.3 Å². The number of hydrogen-bond acceptors (Lipinski definition) is 5. The molecule has 2 amide bonds. The summed E-state index contributed by atoms with van der Waals surface area (Å²) in [7, 11) is 0. The lowest BCUT2D eigenvalue weighted by Crippen LogP contribution is -2.47. The topological polar surface area (TPSA) is 65.5 Å². The maximum Gasteiger partial charge on any atom is 0.240 e. The van der Waals surface area contributed by atoms with Crippen molar-refractivity contribution in [2.45, 2.75) is 53.4 Å². The first-order valence-corrected chi connectivity index (χ1v) is 10.5. The van der Waals surface area contributed by atoms with Gasteiger partial charge in [0, 0.05) is 24.5 Å². The van der Waals surface area contributed by atoms with Crippen molar-refractivity contribution in [2.75, 3.05) is 38.0 Å². The molecular formula is C19H32N4O2S. The number of piperidine rings is 1. The van der Waals surface area contributed by atoms with Gasteiger partial charge in [0.15, 0.2) is 5.13 Å². The molecule has 1 atom stereocenters. The third-order valence-electron chi connectivity index (χ3n) is 4.80. The Morgan fingerprint density at radius 1 is 1.27 bits per heavy atom. The van der Waals surface area contributed by atoms with Crippen molar-refractivity contribution in [3.63, 3.8) is 0 Å². The minimum atomic E-state index is -0.0502. The zero-order chi connectivity index (χ0) is 19.1. The summed E-state index contributed by atoms with van der Waals surface area (Å²) in [5.41, 5.74) is 0.959. The molecule has 0 spiro atoms. The van der Waals surface area contributed by atoms with Gasteiger partial charge in [-0.2, -0.15) is 0 Å². The van der Waals surface area contributed by atoms with E-state index < -0.39 is 0 Å². The summed E-state index contributed by atoms with van der Waals surface area (Å²) >= 11 is 1.50. The zero-order valence-electron chi connectivity index (χ0n) is 16.5. The largest absolute Gasteiger partial charge is 0.342 e. The Bertz CT molecular complexity index is 591. The lowest BCUT2D eigenvalue weighted by Gasteiger charge is -2.34. The van der Waals surface area contributed by atoms with Crippen LogP contribution in [0.1, 0.15) is 50.1 Å². The number of likely N-dealkylation sites (tertiary alicyclic amines) is 1. The third-order valence-corrected chi connectivity index (χ3v) is 5.78. The average Bonchev–Trinajstić information content (AvgIpc) is 2.91. The van der Waals surface area contributed by atoms with E-state index in [2.05, 4.69) is 29.0 Å². The molecule has 1 aliphatic rings. The Morgan fingerprint density at radius 2 is 1.96 bits per heavy atom. The van der Waals surface area contributed by atoms with Crippen LogP contribution in [0.3, 0.4) is 0 Å². The molecule has 2 rings (SSSR count). The normalized spacial score (nSPS) is 17.9. The second-order valence-electron chi connectivity index (χ2n) is 7.11. The van der Waals surface area contributed by atoms with Gasteiger partial charge in [-0.05, 0) is 46.1 Å². The molecule has 0 bridgehead atoms. The number of aryl methyl sites for hydroxylation is 2. The van der Waals surface area contributed by atoms with E-state index in [0.717, 1.165) is 55.9 Å². The van der Waals surface area contributed by atoms with Gasteiger partial charge in [0.05, 0.1) is 18.2 Å². The van der Waals surface area contributed by atoms with Crippen LogP contribution in [0.25, 0.3) is 0 Å². The van der Waals surface area contributed by atoms with E-state index in [0.29, 0.717) is 18.2 Å². The minimum Gasteiger partial charge on any atom is -0.342 e. The summed E-state index contributed by atoms with van der Waals surface area (Å²) in [6.07, 6.45) is 3.85. The van der Waals surface area contributed by atoms with Crippen molar-refractivity contribution in [3.05, 3.63) is 10.6 Å². The number of amides is 2. The highest BCUT2D eigenvalue weighted by atomic mass is 32.1. The quantitative estimate of drug-likeness (QED) is 0.753. The Morgan fingerprint density at radius 3 is 2.54 bits per heavy atom. The van der Waals surface area contributed by atoms with Crippen molar-refractivity contribution >= 4 is 28.3 Å². The van der Waals surface area contributed by atoms with E-state index >= 15 is 0 Å². The van der Waals surface area contributed by atoms with Crippen LogP contribution in [0.2, 0.25) is 0 Å². The summed E-state index contributed by atoms with van der Waals surface area (Å²) < 4.78 is 0. The summed E-state index contributed by atoms with van der Waals surface area (Å²) in [6, 6.07) is 0. The van der Waals surface area contributed by atoms with Crippen LogP contribution in [-0.2, 0) is 9.59 Å². The van der Waals surface area contributed by atoms with Crippen molar-refractivity contribution < 1.29 is 9.59 Å². The van der Waals surface area contributed by atoms with Crippen LogP contribution in [0, 0.1) is 19.8 Å². The van der Waals surface area contributed by atoms with Gasteiger partial charge in [-0.25, -0.2) is 4.98 Å². The highest BCUT2D eigenvalue weighted by molar-refractivity contribution is 7.15. The molecule has 2 heterocycles. The Hall–Kier alpha value is -1.47. The van der Waals surface area contributed by atoms with Gasteiger partial charge in [0.25, 0.3) is 0 Å². The van der Waals surface area contributed by atoms with Gasteiger partial charge in [-0.15, -0.1) is 11.3 Å². The highest BCUT2D eigenvalue weighted by Gasteiger charge is 2.29. The van der Waals surface area contributed by atoms with Gasteiger partial charge in [0.2, 0.25) is 11.8 Å². The van der Waals surface area contributed by atoms with Gasteiger partial charge in [0.1, 0.15) is 0 Å². The monoisotopic (exact) mass is 380 g/mol. The Balaban J connectivity index is 1.88. The molecule has 0 aromatic carbocycles. The van der Waals surface area contributed by atoms with Crippen molar-refractivity contribution in [1.29, 1.82) is 0 Å². The molecule has 1 saturated heterocycles. The standard InChI is InChI=1S/C19H32N4O2S/c1-5-9-23(10-6-2)18(25)16-8-7-11-22(12-16)13-17(24)21-19-20-14(3)15(4)26-19/h16H,5-13H2,1-4H3,(H,20,21,24). The number of nitrogens with one attached hydrogen (secondary N) is 1. The molecule has 0 aliphatic carbocycles. The lowest BCUT2D eigenvalue weighted by molar-refractivity contribution is -0.138. The molecular weight excluding hydrogens is 348 g/mol. The van der Waals surface area contributed by atoms with E-state index in [1.54, 1.807) is 0 Å². The lowest BCUT2D eigenvalue weighted by atomic mass is 9.96. The smallest absolute Gasteiger partial charge is 0.240 e. The van der Waals surface area contributed by atoms with Gasteiger partial charge in [-0.1, -0.05) is 13.8 Å². The van der Waals surface area contributed by atoms with Gasteiger partial charge < -0.3 is 10.2 Å². The molecule has 1 N–H and O–H groups in total. The second-order valence-corrected chi connectivity index (χ2v) is 8.31. The van der Waals surface area contributed by atoms with E-state index in [1.807, 2.05) is 18.7 Å². The first kappa shape index (κ1) is 20.8. The second kappa shape index (κ2) is 10.0. The summed E-state index contributed by atoms with van der Waals surface area (Å²) in [6.45, 7) is 11.7. The number of nitrogens with zero attached hydrogens (tertiary/aromatic N) is 3. The molecule has 1 aromatic heterocycles. The van der Waals surface area contributed by atoms with Crippen molar-refractivity contribution in [2.24, 2.45) is 5.92 Å². The summed E-state index contributed by atoms with van der Waals surface area (Å²) in [5, 5.41) is 3.55. The number of aromatic nitrogens is 1. The molecule has 1 fully saturated rings. The number of thiazole rings is 1. The van der Waals surface area contributed by atoms with E-state index in [1.165, 1.54) is 11.3 Å². The maximum atomic E-state index is 12.8. The Kier molecular flexibility index (Phi) is 8.03. The summed E-state index contributed by atoms with van der Waals surface area (Å²) in [4.78, 5) is 34.7. The molecule has 1 aromatic rings. The van der Waals surface area contributed by atoms with Crippen LogP contribution in [0.4, 0.5) is 5.13 Å². The molecule has 0 saturated carbocycles. The molecule has 7 heteroatoms. The van der Waals surface area contributed by atoms with E-state index in [9.17, 15) is 9.59 Å². The average molecular weight is 381 g/mol. The molecule has 6 nitrogen and oxygen atoms in total. The number of rotatable bonds is 8. The van der Waals surface area contributed by atoms with Crippen LogP contribution >= 0.6 is 11.3 Å². The first-order chi connectivity index (χ1) is 12.4. The first-order valence-electron chi connectivity index (χ1n) is 9.69. The van der Waals surface area contributed by atoms with E-state index in [4.69, 9.17) is 0 Å². The van der Waals surface area contributed by atoms with Gasteiger partial charge in [-0.3, -0.25) is 14.5 Å². The van der Waals surface area contributed by atoms with E-state index in [-0.39, 0.29) is 17.7 Å². The number of hydrogen-bond donors (Lipinski definition) is 1. The van der Waals surface area contributed by atoms with Crippen molar-refractivity contribution in [3.8, 4) is 0 Å². The predicted octanol–water partition coefficient (Wildman–Crippen LogP) is 3.06. The van der Waals surface area contributed by atoms with Crippen LogP contribution in [0.5, 0.6) is 0 Å². The summed E-state index contributed by atoms with van der Waals surface area (Å²) in [5.74, 6) is 0.217. The Labute approximate surface area is 161 Å². The van der Waals surface area contributed by atoms with Gasteiger partial charge >= 0.3 is 0 Å². The molecule has 1 unspecified atom stereocenters. The fourth-order valence-corrected chi connectivity index (χ4v) is 4.25. The minimum absolute atomic E-state index is 0.0130. The molecule has 0 radical (unpaired) electrons. The fourth-order valence-electron chi connectivity index (χ4n) is 3.42. The van der Waals surface area contributed by atoms with Crippen LogP contribution in [0.15, 0.2) is 0 Å². The fraction of sp³-hybridized carbons (Fsp3) is 0.737. The van der Waals surface area contributed by atoms with Crippen LogP contribution < -0.4 is 5.32 Å². The number of anilines is 1. The molecule has 146 valence electrons. The SMILES string of the molecule is CCCN(CCC)C(=O)C1CCCN(CC(=O)Nc2nc(C)c(C)s2)C1. The highest BCUT2D eigenvalue weighted by Crippen LogP contribution is 2.22. The van der Waals surface area contributed by atoms with Crippen molar-refractivity contribution in [1.82, 2.24) is 14.8 Å². The molecule has 1 aliphatic heterocycles. The molecule has 26 heavy (non-hydrogen) atoms. The maximum absolute atomic E-state index is 12.8. The number of carbonyl (C=O) groups is 2. The predicted molar refractivity (Wildman–Crippen MR) is 107 cm³/mol. The number of carbonyl (C=O) groups excluding carboxylic acids is 2.